The topological polar surface area (TPSA) is 21.3 Å². The number of benzene rings is 1. The third-order valence-corrected chi connectivity index (χ3v) is 2.82. The summed E-state index contributed by atoms with van der Waals surface area (Å²) in [6, 6.07) is 3.85. The highest BCUT2D eigenvalue weighted by Crippen LogP contribution is 2.14. The van der Waals surface area contributed by atoms with Crippen molar-refractivity contribution < 1.29 is 13.5 Å². The Bertz CT molecular complexity index is 331. The fourth-order valence-corrected chi connectivity index (χ4v) is 1.85. The maximum absolute atomic E-state index is 13.2. The molecule has 1 aromatic carbocycles. The fraction of sp³-hybridized carbons (Fsp3) is 0.500. The van der Waals surface area contributed by atoms with Gasteiger partial charge in [0.2, 0.25) is 0 Å². The van der Waals surface area contributed by atoms with Gasteiger partial charge < -0.3 is 10.1 Å². The van der Waals surface area contributed by atoms with E-state index >= 15 is 0 Å². The van der Waals surface area contributed by atoms with Crippen LogP contribution in [0.25, 0.3) is 0 Å². The molecule has 16 heavy (non-hydrogen) atoms. The molecule has 0 aromatic heterocycles. The van der Waals surface area contributed by atoms with Crippen molar-refractivity contribution in [1.82, 2.24) is 5.32 Å². The molecule has 0 amide bonds. The van der Waals surface area contributed by atoms with Gasteiger partial charge in [-0.25, -0.2) is 8.78 Å². The molecule has 0 radical (unpaired) electrons. The van der Waals surface area contributed by atoms with Gasteiger partial charge in [0.25, 0.3) is 0 Å². The molecular formula is C12H15F2NO. The monoisotopic (exact) mass is 227 g/mol. The Morgan fingerprint density at radius 2 is 2.06 bits per heavy atom. The second kappa shape index (κ2) is 5.37. The van der Waals surface area contributed by atoms with Crippen molar-refractivity contribution in [1.29, 1.82) is 0 Å². The van der Waals surface area contributed by atoms with Crippen molar-refractivity contribution in [3.63, 3.8) is 0 Å². The Labute approximate surface area is 93.6 Å². The molecule has 1 saturated heterocycles. The van der Waals surface area contributed by atoms with E-state index in [1.165, 1.54) is 18.2 Å². The normalized spacial score (nSPS) is 20.2. The van der Waals surface area contributed by atoms with Gasteiger partial charge in [-0.2, -0.15) is 0 Å². The number of nitrogens with one attached hydrogen (secondary N) is 1. The maximum Gasteiger partial charge on any atom is 0.131 e. The van der Waals surface area contributed by atoms with Gasteiger partial charge in [0.1, 0.15) is 11.6 Å². The first-order valence-corrected chi connectivity index (χ1v) is 5.48. The first-order valence-electron chi connectivity index (χ1n) is 5.48. The molecule has 1 fully saturated rings. The zero-order valence-electron chi connectivity index (χ0n) is 9.01. The Hall–Kier alpha value is -1.00. The van der Waals surface area contributed by atoms with Crippen LogP contribution in [0, 0.1) is 17.6 Å². The molecule has 1 heterocycles. The molecule has 1 aliphatic rings. The zero-order chi connectivity index (χ0) is 11.4. The summed E-state index contributed by atoms with van der Waals surface area (Å²) in [5.41, 5.74) is 0.0217. The quantitative estimate of drug-likeness (QED) is 0.850. The molecule has 0 spiro atoms. The van der Waals surface area contributed by atoms with Crippen LogP contribution in [0.1, 0.15) is 12.0 Å². The van der Waals surface area contributed by atoms with E-state index in [0.717, 1.165) is 19.5 Å². The minimum absolute atomic E-state index is 0.00894. The van der Waals surface area contributed by atoms with Crippen LogP contribution in [0.2, 0.25) is 0 Å². The van der Waals surface area contributed by atoms with Crippen molar-refractivity contribution in [3.8, 4) is 0 Å². The average Bonchev–Trinajstić information content (AvgIpc) is 2.75. The van der Waals surface area contributed by atoms with Gasteiger partial charge in [0.15, 0.2) is 0 Å². The Kier molecular flexibility index (Phi) is 3.85. The summed E-state index contributed by atoms with van der Waals surface area (Å²) in [5.74, 6) is -0.607. The second-order valence-corrected chi connectivity index (χ2v) is 4.07. The van der Waals surface area contributed by atoms with E-state index in [2.05, 4.69) is 5.32 Å². The number of hydrogen-bond acceptors (Lipinski definition) is 2. The molecular weight excluding hydrogens is 212 g/mol. The number of halogens is 2. The lowest BCUT2D eigenvalue weighted by atomic mass is 10.1. The molecule has 2 rings (SSSR count). The fourth-order valence-electron chi connectivity index (χ4n) is 1.85. The molecule has 0 bridgehead atoms. The van der Waals surface area contributed by atoms with Gasteiger partial charge in [-0.05, 0) is 31.0 Å². The van der Waals surface area contributed by atoms with Crippen LogP contribution in [0.4, 0.5) is 8.78 Å². The van der Waals surface area contributed by atoms with Gasteiger partial charge in [0.05, 0.1) is 13.2 Å². The highest BCUT2D eigenvalue weighted by atomic mass is 19.1. The van der Waals surface area contributed by atoms with Crippen molar-refractivity contribution in [2.75, 3.05) is 19.7 Å². The van der Waals surface area contributed by atoms with E-state index in [0.29, 0.717) is 12.5 Å². The molecule has 4 heteroatoms. The smallest absolute Gasteiger partial charge is 0.131 e. The lowest BCUT2D eigenvalue weighted by molar-refractivity contribution is 0.0884. The Morgan fingerprint density at radius 3 is 2.69 bits per heavy atom. The van der Waals surface area contributed by atoms with E-state index < -0.39 is 11.6 Å². The van der Waals surface area contributed by atoms with Crippen LogP contribution >= 0.6 is 0 Å². The lowest BCUT2D eigenvalue weighted by Crippen LogP contribution is -2.14. The standard InChI is InChI=1S/C12H15F2NO/c13-11-2-1-3-12(14)10(11)8-16-7-9-4-5-15-6-9/h1-3,9,15H,4-8H2/t9-/m1/s1. The van der Waals surface area contributed by atoms with Gasteiger partial charge in [-0.1, -0.05) is 6.07 Å². The number of ether oxygens (including phenoxy) is 1. The van der Waals surface area contributed by atoms with Crippen molar-refractivity contribution in [2.45, 2.75) is 13.0 Å². The van der Waals surface area contributed by atoms with E-state index in [1.807, 2.05) is 0 Å². The molecule has 88 valence electrons. The zero-order valence-corrected chi connectivity index (χ0v) is 9.01. The van der Waals surface area contributed by atoms with E-state index in [-0.39, 0.29) is 12.2 Å². The van der Waals surface area contributed by atoms with Gasteiger partial charge in [-0.3, -0.25) is 0 Å². The minimum Gasteiger partial charge on any atom is -0.376 e. The summed E-state index contributed by atoms with van der Waals surface area (Å²) in [7, 11) is 0. The molecule has 1 aliphatic heterocycles. The van der Waals surface area contributed by atoms with Gasteiger partial charge in [-0.15, -0.1) is 0 Å². The van der Waals surface area contributed by atoms with Crippen molar-refractivity contribution in [3.05, 3.63) is 35.4 Å². The Morgan fingerprint density at radius 1 is 1.31 bits per heavy atom. The second-order valence-electron chi connectivity index (χ2n) is 4.07. The van der Waals surface area contributed by atoms with E-state index in [9.17, 15) is 8.78 Å². The predicted molar refractivity (Wildman–Crippen MR) is 57.0 cm³/mol. The van der Waals surface area contributed by atoms with Crippen LogP contribution in [0.15, 0.2) is 18.2 Å². The van der Waals surface area contributed by atoms with Gasteiger partial charge >= 0.3 is 0 Å². The number of rotatable bonds is 4. The predicted octanol–water partition coefficient (Wildman–Crippen LogP) is 2.09. The molecule has 2 nitrogen and oxygen atoms in total. The summed E-state index contributed by atoms with van der Waals surface area (Å²) < 4.78 is 31.8. The molecule has 0 aliphatic carbocycles. The summed E-state index contributed by atoms with van der Waals surface area (Å²) in [6.45, 7) is 2.50. The molecule has 1 atom stereocenters. The first kappa shape index (κ1) is 11.5. The van der Waals surface area contributed by atoms with Crippen LogP contribution in [-0.4, -0.2) is 19.7 Å². The molecule has 0 saturated carbocycles. The minimum atomic E-state index is -0.537. The van der Waals surface area contributed by atoms with Crippen LogP contribution < -0.4 is 5.32 Å². The lowest BCUT2D eigenvalue weighted by Gasteiger charge is -2.10. The summed E-state index contributed by atoms with van der Waals surface area (Å²) >= 11 is 0. The largest absolute Gasteiger partial charge is 0.376 e. The third-order valence-electron chi connectivity index (χ3n) is 2.82. The van der Waals surface area contributed by atoms with Gasteiger partial charge in [0, 0.05) is 12.1 Å². The van der Waals surface area contributed by atoms with Crippen molar-refractivity contribution >= 4 is 0 Å². The summed E-state index contributed by atoms with van der Waals surface area (Å²) in [6.07, 6.45) is 1.07. The van der Waals surface area contributed by atoms with Crippen LogP contribution in [0.5, 0.6) is 0 Å². The van der Waals surface area contributed by atoms with Crippen LogP contribution in [0.3, 0.4) is 0 Å². The molecule has 1 aromatic rings. The first-order chi connectivity index (χ1) is 7.77. The molecule has 0 unspecified atom stereocenters. The highest BCUT2D eigenvalue weighted by Gasteiger charge is 2.15. The summed E-state index contributed by atoms with van der Waals surface area (Å²) in [5, 5.41) is 3.22. The summed E-state index contributed by atoms with van der Waals surface area (Å²) in [4.78, 5) is 0. The average molecular weight is 227 g/mol. The van der Waals surface area contributed by atoms with Crippen molar-refractivity contribution in [2.24, 2.45) is 5.92 Å². The van der Waals surface area contributed by atoms with Crippen LogP contribution in [-0.2, 0) is 11.3 Å². The van der Waals surface area contributed by atoms with E-state index in [4.69, 9.17) is 4.74 Å². The number of hydrogen-bond donors (Lipinski definition) is 1. The highest BCUT2D eigenvalue weighted by molar-refractivity contribution is 5.18. The Balaban J connectivity index is 1.84. The van der Waals surface area contributed by atoms with E-state index in [1.54, 1.807) is 0 Å². The third kappa shape index (κ3) is 2.77. The SMILES string of the molecule is Fc1cccc(F)c1COC[C@@H]1CCNC1. The maximum atomic E-state index is 13.2. The molecule has 1 N–H and O–H groups in total.